The maximum atomic E-state index is 13.0. The fraction of sp³-hybridized carbons (Fsp3) is 0.400. The number of methoxy groups -OCH3 is 2. The molecule has 0 atom stereocenters. The van der Waals surface area contributed by atoms with E-state index in [0.717, 1.165) is 18.6 Å². The average Bonchev–Trinajstić information content (AvgIpc) is 2.72. The van der Waals surface area contributed by atoms with Gasteiger partial charge in [-0.2, -0.15) is 4.31 Å². The molecule has 1 aliphatic heterocycles. The minimum atomic E-state index is -3.61. The molecule has 7 heteroatoms. The van der Waals surface area contributed by atoms with E-state index in [1.165, 1.54) is 24.6 Å². The van der Waals surface area contributed by atoms with E-state index < -0.39 is 10.0 Å². The predicted molar refractivity (Wildman–Crippen MR) is 103 cm³/mol. The van der Waals surface area contributed by atoms with Gasteiger partial charge < -0.3 is 14.2 Å². The van der Waals surface area contributed by atoms with Gasteiger partial charge in [-0.05, 0) is 43.0 Å². The molecule has 1 saturated heterocycles. The number of benzene rings is 2. The van der Waals surface area contributed by atoms with Crippen molar-refractivity contribution in [2.24, 2.45) is 5.92 Å². The Morgan fingerprint density at radius 2 is 1.67 bits per heavy atom. The van der Waals surface area contributed by atoms with Crippen LogP contribution in [0.5, 0.6) is 17.2 Å². The summed E-state index contributed by atoms with van der Waals surface area (Å²) in [6, 6.07) is 14.4. The van der Waals surface area contributed by atoms with Crippen LogP contribution >= 0.6 is 0 Å². The Kier molecular flexibility index (Phi) is 6.23. The van der Waals surface area contributed by atoms with Crippen LogP contribution in [0, 0.1) is 5.92 Å². The van der Waals surface area contributed by atoms with Crippen LogP contribution in [0.1, 0.15) is 12.8 Å². The molecule has 0 N–H and O–H groups in total. The van der Waals surface area contributed by atoms with Gasteiger partial charge in [0.2, 0.25) is 10.0 Å². The predicted octanol–water partition coefficient (Wildman–Crippen LogP) is 3.18. The molecule has 3 rings (SSSR count). The molecule has 1 fully saturated rings. The Bertz CT molecular complexity index is 846. The van der Waals surface area contributed by atoms with Gasteiger partial charge in [-0.15, -0.1) is 0 Å². The quantitative estimate of drug-likeness (QED) is 0.725. The second-order valence-corrected chi connectivity index (χ2v) is 8.39. The van der Waals surface area contributed by atoms with E-state index in [-0.39, 0.29) is 4.90 Å². The molecular weight excluding hydrogens is 366 g/mol. The van der Waals surface area contributed by atoms with Gasteiger partial charge in [0, 0.05) is 19.2 Å². The molecule has 1 heterocycles. The lowest BCUT2D eigenvalue weighted by Gasteiger charge is -2.31. The molecule has 27 heavy (non-hydrogen) atoms. The zero-order chi connectivity index (χ0) is 19.3. The lowest BCUT2D eigenvalue weighted by atomic mass is 9.99. The van der Waals surface area contributed by atoms with Gasteiger partial charge in [0.05, 0.1) is 20.8 Å². The topological polar surface area (TPSA) is 65.1 Å². The zero-order valence-corrected chi connectivity index (χ0v) is 16.4. The summed E-state index contributed by atoms with van der Waals surface area (Å²) in [7, 11) is -0.616. The van der Waals surface area contributed by atoms with Crippen LogP contribution in [0.3, 0.4) is 0 Å². The average molecular weight is 391 g/mol. The molecule has 146 valence electrons. The number of piperidine rings is 1. The standard InChI is InChI=1S/C20H25NO5S/c1-24-18-8-9-20(19(14-18)25-2)27(22,23)21-12-10-16(11-13-21)15-26-17-6-4-3-5-7-17/h3-9,14,16H,10-13,15H2,1-2H3. The summed E-state index contributed by atoms with van der Waals surface area (Å²) in [5.74, 6) is 2.04. The Balaban J connectivity index is 1.63. The summed E-state index contributed by atoms with van der Waals surface area (Å²) < 4.78 is 43.8. The van der Waals surface area contributed by atoms with Crippen LogP contribution in [0.4, 0.5) is 0 Å². The van der Waals surface area contributed by atoms with Gasteiger partial charge in [0.15, 0.2) is 0 Å². The van der Waals surface area contributed by atoms with Crippen molar-refractivity contribution in [3.63, 3.8) is 0 Å². The Labute approximate surface area is 160 Å². The normalized spacial score (nSPS) is 16.1. The Morgan fingerprint density at radius 3 is 2.30 bits per heavy atom. The minimum absolute atomic E-state index is 0.171. The number of hydrogen-bond acceptors (Lipinski definition) is 5. The molecular formula is C20H25NO5S. The first-order valence-corrected chi connectivity index (χ1v) is 10.4. The van der Waals surface area contributed by atoms with Crippen LogP contribution in [-0.4, -0.2) is 46.6 Å². The van der Waals surface area contributed by atoms with Crippen molar-refractivity contribution in [1.29, 1.82) is 0 Å². The molecule has 0 bridgehead atoms. The van der Waals surface area contributed by atoms with Crippen LogP contribution < -0.4 is 14.2 Å². The van der Waals surface area contributed by atoms with Gasteiger partial charge in [0.1, 0.15) is 22.1 Å². The molecule has 0 aliphatic carbocycles. The van der Waals surface area contributed by atoms with E-state index in [1.807, 2.05) is 30.3 Å². The summed E-state index contributed by atoms with van der Waals surface area (Å²) in [6.45, 7) is 1.55. The van der Waals surface area contributed by atoms with E-state index in [4.69, 9.17) is 14.2 Å². The lowest BCUT2D eigenvalue weighted by Crippen LogP contribution is -2.39. The largest absolute Gasteiger partial charge is 0.497 e. The van der Waals surface area contributed by atoms with Crippen molar-refractivity contribution in [2.75, 3.05) is 33.9 Å². The highest BCUT2D eigenvalue weighted by molar-refractivity contribution is 7.89. The smallest absolute Gasteiger partial charge is 0.246 e. The van der Waals surface area contributed by atoms with E-state index in [9.17, 15) is 8.42 Å². The van der Waals surface area contributed by atoms with Gasteiger partial charge in [-0.3, -0.25) is 0 Å². The molecule has 0 amide bonds. The van der Waals surface area contributed by atoms with Crippen LogP contribution in [0.2, 0.25) is 0 Å². The number of rotatable bonds is 7. The third-order valence-electron chi connectivity index (χ3n) is 4.79. The van der Waals surface area contributed by atoms with Crippen molar-refractivity contribution in [1.82, 2.24) is 4.31 Å². The Hall–Kier alpha value is -2.25. The van der Waals surface area contributed by atoms with Gasteiger partial charge in [-0.1, -0.05) is 18.2 Å². The number of ether oxygens (including phenoxy) is 3. The van der Waals surface area contributed by atoms with E-state index in [2.05, 4.69) is 0 Å². The fourth-order valence-electron chi connectivity index (χ4n) is 3.17. The second kappa shape index (κ2) is 8.63. The number of hydrogen-bond donors (Lipinski definition) is 0. The fourth-order valence-corrected chi connectivity index (χ4v) is 4.78. The first-order chi connectivity index (χ1) is 13.0. The number of nitrogens with zero attached hydrogens (tertiary/aromatic N) is 1. The molecule has 2 aromatic rings. The third-order valence-corrected chi connectivity index (χ3v) is 6.73. The number of para-hydroxylation sites is 1. The molecule has 1 aliphatic rings. The molecule has 2 aromatic carbocycles. The molecule has 0 saturated carbocycles. The highest BCUT2D eigenvalue weighted by Crippen LogP contribution is 2.32. The van der Waals surface area contributed by atoms with Gasteiger partial charge >= 0.3 is 0 Å². The van der Waals surface area contributed by atoms with Crippen LogP contribution in [0.25, 0.3) is 0 Å². The van der Waals surface area contributed by atoms with Crippen molar-refractivity contribution >= 4 is 10.0 Å². The summed E-state index contributed by atoms with van der Waals surface area (Å²) in [6.07, 6.45) is 1.54. The van der Waals surface area contributed by atoms with Gasteiger partial charge in [0.25, 0.3) is 0 Å². The maximum Gasteiger partial charge on any atom is 0.246 e. The molecule has 0 spiro atoms. The number of sulfonamides is 1. The molecule has 6 nitrogen and oxygen atoms in total. The molecule has 0 radical (unpaired) electrons. The monoisotopic (exact) mass is 391 g/mol. The summed E-state index contributed by atoms with van der Waals surface area (Å²) in [5, 5.41) is 0. The molecule has 0 aromatic heterocycles. The SMILES string of the molecule is COc1ccc(S(=O)(=O)N2CCC(COc3ccccc3)CC2)c(OC)c1. The van der Waals surface area contributed by atoms with E-state index >= 15 is 0 Å². The zero-order valence-electron chi connectivity index (χ0n) is 15.6. The highest BCUT2D eigenvalue weighted by Gasteiger charge is 2.31. The van der Waals surface area contributed by atoms with Crippen molar-refractivity contribution in [3.8, 4) is 17.2 Å². The van der Waals surface area contributed by atoms with Crippen LogP contribution in [-0.2, 0) is 10.0 Å². The van der Waals surface area contributed by atoms with Gasteiger partial charge in [-0.25, -0.2) is 8.42 Å². The minimum Gasteiger partial charge on any atom is -0.497 e. The van der Waals surface area contributed by atoms with Crippen molar-refractivity contribution in [2.45, 2.75) is 17.7 Å². The summed E-state index contributed by atoms with van der Waals surface area (Å²) in [4.78, 5) is 0.171. The first-order valence-electron chi connectivity index (χ1n) is 8.94. The van der Waals surface area contributed by atoms with Crippen LogP contribution in [0.15, 0.2) is 53.4 Å². The van der Waals surface area contributed by atoms with E-state index in [1.54, 1.807) is 12.1 Å². The Morgan fingerprint density at radius 1 is 0.963 bits per heavy atom. The van der Waals surface area contributed by atoms with E-state index in [0.29, 0.717) is 37.1 Å². The van der Waals surface area contributed by atoms with Crippen molar-refractivity contribution in [3.05, 3.63) is 48.5 Å². The van der Waals surface area contributed by atoms with Crippen molar-refractivity contribution < 1.29 is 22.6 Å². The molecule has 0 unspecified atom stereocenters. The highest BCUT2D eigenvalue weighted by atomic mass is 32.2. The third kappa shape index (κ3) is 4.54. The lowest BCUT2D eigenvalue weighted by molar-refractivity contribution is 0.185. The summed E-state index contributed by atoms with van der Waals surface area (Å²) >= 11 is 0. The maximum absolute atomic E-state index is 13.0. The second-order valence-electron chi connectivity index (χ2n) is 6.49. The summed E-state index contributed by atoms with van der Waals surface area (Å²) in [5.41, 5.74) is 0. The first kappa shape index (κ1) is 19.5.